The summed E-state index contributed by atoms with van der Waals surface area (Å²) >= 11 is 1.51. The molecule has 1 saturated heterocycles. The minimum Gasteiger partial charge on any atom is -0.490 e. The highest BCUT2D eigenvalue weighted by atomic mass is 35.5. The molecule has 0 aliphatic carbocycles. The number of thiazole rings is 1. The van der Waals surface area contributed by atoms with Gasteiger partial charge in [0.15, 0.2) is 0 Å². The molecular formula is C18H24ClN3O2S. The Morgan fingerprint density at radius 1 is 1.32 bits per heavy atom. The molecule has 1 amide bonds. The monoisotopic (exact) mass is 381 g/mol. The molecule has 3 rings (SSSR count). The maximum Gasteiger partial charge on any atom is 0.273 e. The van der Waals surface area contributed by atoms with Crippen molar-refractivity contribution in [3.05, 3.63) is 45.9 Å². The fourth-order valence-corrected chi connectivity index (χ4v) is 3.58. The van der Waals surface area contributed by atoms with Crippen LogP contribution in [-0.2, 0) is 6.42 Å². The SMILES string of the molecule is Cc1ccc(OC2CCN(C(=O)c3csc(CCN)n3)CC2)cc1.Cl. The van der Waals surface area contributed by atoms with Crippen molar-refractivity contribution in [2.45, 2.75) is 32.3 Å². The van der Waals surface area contributed by atoms with E-state index in [1.54, 1.807) is 0 Å². The van der Waals surface area contributed by atoms with E-state index in [0.29, 0.717) is 25.3 Å². The van der Waals surface area contributed by atoms with Gasteiger partial charge < -0.3 is 15.4 Å². The van der Waals surface area contributed by atoms with Crippen LogP contribution in [0.1, 0.15) is 33.9 Å². The van der Waals surface area contributed by atoms with E-state index in [-0.39, 0.29) is 24.4 Å². The third-order valence-electron chi connectivity index (χ3n) is 4.18. The van der Waals surface area contributed by atoms with Crippen molar-refractivity contribution in [2.75, 3.05) is 19.6 Å². The molecule has 5 nitrogen and oxygen atoms in total. The molecule has 136 valence electrons. The average Bonchev–Trinajstić information content (AvgIpc) is 3.06. The Labute approximate surface area is 158 Å². The number of halogens is 1. The molecule has 2 heterocycles. The van der Waals surface area contributed by atoms with Crippen LogP contribution < -0.4 is 10.5 Å². The van der Waals surface area contributed by atoms with Crippen molar-refractivity contribution in [2.24, 2.45) is 5.73 Å². The Morgan fingerprint density at radius 2 is 2.00 bits per heavy atom. The third kappa shape index (κ3) is 5.17. The highest BCUT2D eigenvalue weighted by molar-refractivity contribution is 7.09. The number of nitrogens with two attached hydrogens (primary N) is 1. The van der Waals surface area contributed by atoms with Crippen LogP contribution in [0.15, 0.2) is 29.6 Å². The maximum absolute atomic E-state index is 12.5. The Morgan fingerprint density at radius 3 is 2.64 bits per heavy atom. The molecule has 1 fully saturated rings. The summed E-state index contributed by atoms with van der Waals surface area (Å²) in [6.07, 6.45) is 2.59. The molecule has 0 saturated carbocycles. The minimum atomic E-state index is 0. The molecule has 2 aromatic rings. The van der Waals surface area contributed by atoms with Crippen LogP contribution in [0.5, 0.6) is 5.75 Å². The smallest absolute Gasteiger partial charge is 0.273 e. The minimum absolute atomic E-state index is 0. The largest absolute Gasteiger partial charge is 0.490 e. The van der Waals surface area contributed by atoms with Gasteiger partial charge in [-0.3, -0.25) is 4.79 Å². The zero-order valence-corrected chi connectivity index (χ0v) is 15.9. The Hall–Kier alpha value is -1.63. The molecule has 1 aromatic heterocycles. The first kappa shape index (κ1) is 19.7. The number of piperidine rings is 1. The van der Waals surface area contributed by atoms with Gasteiger partial charge in [0.1, 0.15) is 17.5 Å². The molecule has 0 atom stereocenters. The first-order valence-corrected chi connectivity index (χ1v) is 9.21. The highest BCUT2D eigenvalue weighted by Gasteiger charge is 2.26. The third-order valence-corrected chi connectivity index (χ3v) is 5.09. The van der Waals surface area contributed by atoms with Gasteiger partial charge in [-0.1, -0.05) is 17.7 Å². The van der Waals surface area contributed by atoms with Gasteiger partial charge in [-0.05, 0) is 25.6 Å². The number of carbonyl (C=O) groups is 1. The van der Waals surface area contributed by atoms with Crippen molar-refractivity contribution in [1.82, 2.24) is 9.88 Å². The summed E-state index contributed by atoms with van der Waals surface area (Å²) in [5.74, 6) is 0.916. The van der Waals surface area contributed by atoms with Gasteiger partial charge in [-0.2, -0.15) is 0 Å². The number of amides is 1. The lowest BCUT2D eigenvalue weighted by Crippen LogP contribution is -2.41. The normalized spacial score (nSPS) is 14.9. The lowest BCUT2D eigenvalue weighted by atomic mass is 10.1. The van der Waals surface area contributed by atoms with Gasteiger partial charge in [0.2, 0.25) is 0 Å². The van der Waals surface area contributed by atoms with E-state index >= 15 is 0 Å². The predicted octanol–water partition coefficient (Wildman–Crippen LogP) is 3.06. The fraction of sp³-hybridized carbons (Fsp3) is 0.444. The zero-order valence-electron chi connectivity index (χ0n) is 14.3. The van der Waals surface area contributed by atoms with E-state index in [1.807, 2.05) is 22.4 Å². The number of rotatable bonds is 5. The topological polar surface area (TPSA) is 68.5 Å². The number of aryl methyl sites for hydroxylation is 1. The summed E-state index contributed by atoms with van der Waals surface area (Å²) in [4.78, 5) is 18.8. The molecule has 25 heavy (non-hydrogen) atoms. The van der Waals surface area contributed by atoms with E-state index < -0.39 is 0 Å². The first-order valence-electron chi connectivity index (χ1n) is 8.33. The summed E-state index contributed by atoms with van der Waals surface area (Å²) in [7, 11) is 0. The van der Waals surface area contributed by atoms with Crippen LogP contribution in [0, 0.1) is 6.92 Å². The maximum atomic E-state index is 12.5. The van der Waals surface area contributed by atoms with E-state index in [9.17, 15) is 4.79 Å². The number of hydrogen-bond donors (Lipinski definition) is 1. The molecule has 1 aliphatic rings. The average molecular weight is 382 g/mol. The van der Waals surface area contributed by atoms with Crippen LogP contribution in [0.3, 0.4) is 0 Å². The van der Waals surface area contributed by atoms with Crippen molar-refractivity contribution in [3.8, 4) is 5.75 Å². The van der Waals surface area contributed by atoms with Gasteiger partial charge in [0.25, 0.3) is 5.91 Å². The van der Waals surface area contributed by atoms with E-state index in [1.165, 1.54) is 16.9 Å². The van der Waals surface area contributed by atoms with Crippen molar-refractivity contribution < 1.29 is 9.53 Å². The van der Waals surface area contributed by atoms with E-state index in [0.717, 1.165) is 30.0 Å². The summed E-state index contributed by atoms with van der Waals surface area (Å²) < 4.78 is 6.01. The summed E-state index contributed by atoms with van der Waals surface area (Å²) in [5.41, 5.74) is 7.30. The Kier molecular flexibility index (Phi) is 7.23. The lowest BCUT2D eigenvalue weighted by molar-refractivity contribution is 0.0590. The second-order valence-corrected chi connectivity index (χ2v) is 7.03. The second kappa shape index (κ2) is 9.17. The first-order chi connectivity index (χ1) is 11.7. The predicted molar refractivity (Wildman–Crippen MR) is 103 cm³/mol. The number of nitrogens with zero attached hydrogens (tertiary/aromatic N) is 2. The number of likely N-dealkylation sites (tertiary alicyclic amines) is 1. The van der Waals surface area contributed by atoms with Crippen LogP contribution >= 0.6 is 23.7 Å². The lowest BCUT2D eigenvalue weighted by Gasteiger charge is -2.31. The highest BCUT2D eigenvalue weighted by Crippen LogP contribution is 2.21. The molecule has 0 radical (unpaired) electrons. The van der Waals surface area contributed by atoms with Gasteiger partial charge in [-0.15, -0.1) is 23.7 Å². The number of hydrogen-bond acceptors (Lipinski definition) is 5. The van der Waals surface area contributed by atoms with Crippen molar-refractivity contribution >= 4 is 29.7 Å². The van der Waals surface area contributed by atoms with Gasteiger partial charge in [-0.25, -0.2) is 4.98 Å². The molecule has 1 aliphatic heterocycles. The summed E-state index contributed by atoms with van der Waals surface area (Å²) in [6.45, 7) is 4.03. The van der Waals surface area contributed by atoms with Gasteiger partial charge in [0, 0.05) is 37.7 Å². The standard InChI is InChI=1S/C18H23N3O2S.ClH/c1-13-2-4-14(5-3-13)23-15-7-10-21(11-8-15)18(22)16-12-24-17(20-16)6-9-19;/h2-5,12,15H,6-11,19H2,1H3;1H. The van der Waals surface area contributed by atoms with Crippen LogP contribution in [-0.4, -0.2) is 41.5 Å². The second-order valence-electron chi connectivity index (χ2n) is 6.09. The molecular weight excluding hydrogens is 358 g/mol. The zero-order chi connectivity index (χ0) is 16.9. The number of carbonyl (C=O) groups excluding carboxylic acids is 1. The molecule has 1 aromatic carbocycles. The van der Waals surface area contributed by atoms with Crippen molar-refractivity contribution in [3.63, 3.8) is 0 Å². The van der Waals surface area contributed by atoms with Gasteiger partial charge in [0.05, 0.1) is 5.01 Å². The van der Waals surface area contributed by atoms with E-state index in [4.69, 9.17) is 10.5 Å². The summed E-state index contributed by atoms with van der Waals surface area (Å²) in [6, 6.07) is 8.10. The molecule has 0 bridgehead atoms. The molecule has 0 unspecified atom stereocenters. The van der Waals surface area contributed by atoms with Crippen LogP contribution in [0.4, 0.5) is 0 Å². The molecule has 2 N–H and O–H groups in total. The quantitative estimate of drug-likeness (QED) is 0.864. The number of ether oxygens (including phenoxy) is 1. The van der Waals surface area contributed by atoms with Crippen molar-refractivity contribution in [1.29, 1.82) is 0 Å². The fourth-order valence-electron chi connectivity index (χ4n) is 2.80. The molecule has 7 heteroatoms. The van der Waals surface area contributed by atoms with Crippen LogP contribution in [0.2, 0.25) is 0 Å². The Balaban J connectivity index is 0.00000225. The Bertz CT molecular complexity index is 682. The van der Waals surface area contributed by atoms with Crippen LogP contribution in [0.25, 0.3) is 0 Å². The number of aromatic nitrogens is 1. The van der Waals surface area contributed by atoms with Gasteiger partial charge >= 0.3 is 0 Å². The summed E-state index contributed by atoms with van der Waals surface area (Å²) in [5, 5.41) is 2.76. The molecule has 0 spiro atoms. The van der Waals surface area contributed by atoms with E-state index in [2.05, 4.69) is 24.0 Å². The number of benzene rings is 1.